The summed E-state index contributed by atoms with van der Waals surface area (Å²) in [6.07, 6.45) is -2.49. The molecule has 0 aliphatic heterocycles. The fourth-order valence-electron chi connectivity index (χ4n) is 0.979. The predicted octanol–water partition coefficient (Wildman–Crippen LogP) is 2.43. The van der Waals surface area contributed by atoms with Crippen molar-refractivity contribution < 1.29 is 17.6 Å². The summed E-state index contributed by atoms with van der Waals surface area (Å²) in [6, 6.07) is 3.80. The molecule has 78 valence electrons. The van der Waals surface area contributed by atoms with Crippen molar-refractivity contribution in [3.8, 4) is 0 Å². The largest absolute Gasteiger partial charge is 0.325 e. The molecule has 5 heteroatoms. The Balaban J connectivity index is 2.89. The summed E-state index contributed by atoms with van der Waals surface area (Å²) in [5.74, 6) is -4.21. The van der Waals surface area contributed by atoms with Gasteiger partial charge < -0.3 is 5.73 Å². The summed E-state index contributed by atoms with van der Waals surface area (Å²) >= 11 is 0. The van der Waals surface area contributed by atoms with Gasteiger partial charge in [-0.25, -0.2) is 17.6 Å². The van der Waals surface area contributed by atoms with Crippen molar-refractivity contribution in [3.05, 3.63) is 35.6 Å². The zero-order chi connectivity index (χ0) is 10.8. The van der Waals surface area contributed by atoms with Gasteiger partial charge in [-0.2, -0.15) is 0 Å². The third-order valence-electron chi connectivity index (χ3n) is 1.81. The first kappa shape index (κ1) is 11.0. The highest BCUT2D eigenvalue weighted by Crippen LogP contribution is 2.33. The van der Waals surface area contributed by atoms with E-state index in [1.165, 1.54) is 0 Å². The molecule has 0 aromatic heterocycles. The highest BCUT2D eigenvalue weighted by Gasteiger charge is 2.39. The van der Waals surface area contributed by atoms with Crippen LogP contribution >= 0.6 is 0 Å². The van der Waals surface area contributed by atoms with Gasteiger partial charge >= 0.3 is 0 Å². The molecule has 14 heavy (non-hydrogen) atoms. The monoisotopic (exact) mass is 207 g/mol. The number of hydrogen-bond acceptors (Lipinski definition) is 1. The van der Waals surface area contributed by atoms with Crippen LogP contribution in [0.4, 0.5) is 17.6 Å². The van der Waals surface area contributed by atoms with Crippen molar-refractivity contribution >= 4 is 0 Å². The molecule has 0 bridgehead atoms. The smallest absolute Gasteiger partial charge is 0.294 e. The molecule has 0 saturated carbocycles. The zero-order valence-electron chi connectivity index (χ0n) is 7.18. The zero-order valence-corrected chi connectivity index (χ0v) is 7.18. The van der Waals surface area contributed by atoms with Crippen molar-refractivity contribution in [2.24, 2.45) is 5.73 Å². The first-order valence-corrected chi connectivity index (χ1v) is 3.95. The fourth-order valence-corrected chi connectivity index (χ4v) is 0.979. The topological polar surface area (TPSA) is 26.0 Å². The maximum Gasteiger partial charge on any atom is 0.294 e. The minimum atomic E-state index is -3.61. The molecule has 1 aromatic rings. The summed E-state index contributed by atoms with van der Waals surface area (Å²) in [4.78, 5) is 0. The van der Waals surface area contributed by atoms with Gasteiger partial charge in [-0.15, -0.1) is 0 Å². The quantitative estimate of drug-likeness (QED) is 0.757. The van der Waals surface area contributed by atoms with E-state index in [0.29, 0.717) is 0 Å². The molecule has 0 unspecified atom stereocenters. The first-order chi connectivity index (χ1) is 6.47. The molecule has 0 spiro atoms. The van der Waals surface area contributed by atoms with Gasteiger partial charge in [0.25, 0.3) is 5.92 Å². The Morgan fingerprint density at radius 1 is 1.21 bits per heavy atom. The van der Waals surface area contributed by atoms with Gasteiger partial charge in [0.2, 0.25) is 0 Å². The van der Waals surface area contributed by atoms with E-state index in [4.69, 9.17) is 5.73 Å². The van der Waals surface area contributed by atoms with Gasteiger partial charge in [-0.05, 0) is 17.7 Å². The molecular formula is C9H9F4N. The van der Waals surface area contributed by atoms with E-state index in [1.54, 1.807) is 0 Å². The number of halogens is 4. The van der Waals surface area contributed by atoms with Crippen LogP contribution in [0.25, 0.3) is 0 Å². The predicted molar refractivity (Wildman–Crippen MR) is 44.3 cm³/mol. The van der Waals surface area contributed by atoms with Crippen molar-refractivity contribution in [2.75, 3.05) is 6.54 Å². The summed E-state index contributed by atoms with van der Waals surface area (Å²) < 4.78 is 51.0. The normalized spacial score (nSPS) is 14.1. The highest BCUT2D eigenvalue weighted by molar-refractivity contribution is 5.20. The van der Waals surface area contributed by atoms with E-state index in [9.17, 15) is 17.6 Å². The lowest BCUT2D eigenvalue weighted by Crippen LogP contribution is -2.32. The molecule has 1 atom stereocenters. The molecule has 0 heterocycles. The minimum absolute atomic E-state index is 0.276. The molecule has 0 saturated heterocycles. The molecule has 0 aliphatic rings. The van der Waals surface area contributed by atoms with Crippen LogP contribution in [0.3, 0.4) is 0 Å². The van der Waals surface area contributed by atoms with Crippen LogP contribution < -0.4 is 5.73 Å². The number of rotatable bonds is 3. The molecule has 0 fully saturated rings. The summed E-state index contributed by atoms with van der Waals surface area (Å²) in [5.41, 5.74) is 4.43. The SMILES string of the molecule is NCC(F)(F)[C@H](F)c1ccc(F)cc1. The Kier molecular flexibility index (Phi) is 3.10. The maximum absolute atomic E-state index is 13.1. The third kappa shape index (κ3) is 2.23. The van der Waals surface area contributed by atoms with Crippen LogP contribution in [0.1, 0.15) is 11.7 Å². The minimum Gasteiger partial charge on any atom is -0.325 e. The van der Waals surface area contributed by atoms with Gasteiger partial charge in [0.05, 0.1) is 6.54 Å². The van der Waals surface area contributed by atoms with Crippen LogP contribution in [0.5, 0.6) is 0 Å². The number of alkyl halides is 3. The van der Waals surface area contributed by atoms with E-state index >= 15 is 0 Å². The van der Waals surface area contributed by atoms with E-state index in [1.807, 2.05) is 0 Å². The Hall–Kier alpha value is -1.10. The van der Waals surface area contributed by atoms with E-state index < -0.39 is 24.5 Å². The number of benzene rings is 1. The van der Waals surface area contributed by atoms with E-state index in [-0.39, 0.29) is 5.56 Å². The van der Waals surface area contributed by atoms with Crippen LogP contribution in [-0.2, 0) is 0 Å². The van der Waals surface area contributed by atoms with Gasteiger partial charge in [-0.3, -0.25) is 0 Å². The molecule has 1 aromatic carbocycles. The average molecular weight is 207 g/mol. The first-order valence-electron chi connectivity index (χ1n) is 3.95. The van der Waals surface area contributed by atoms with Crippen molar-refractivity contribution in [3.63, 3.8) is 0 Å². The lowest BCUT2D eigenvalue weighted by atomic mass is 10.1. The molecule has 0 amide bonds. The fraction of sp³-hybridized carbons (Fsp3) is 0.333. The van der Waals surface area contributed by atoms with E-state index in [0.717, 1.165) is 24.3 Å². The molecule has 1 rings (SSSR count). The Morgan fingerprint density at radius 3 is 2.14 bits per heavy atom. The van der Waals surface area contributed by atoms with E-state index in [2.05, 4.69) is 0 Å². The van der Waals surface area contributed by atoms with Crippen LogP contribution in [0.2, 0.25) is 0 Å². The highest BCUT2D eigenvalue weighted by atomic mass is 19.3. The van der Waals surface area contributed by atoms with Crippen molar-refractivity contribution in [1.29, 1.82) is 0 Å². The lowest BCUT2D eigenvalue weighted by molar-refractivity contribution is -0.0651. The van der Waals surface area contributed by atoms with Crippen molar-refractivity contribution in [2.45, 2.75) is 12.1 Å². The second-order valence-corrected chi connectivity index (χ2v) is 2.88. The standard InChI is InChI=1S/C9H9F4N/c10-7-3-1-6(2-4-7)8(11)9(12,13)5-14/h1-4,8H,5,14H2/t8-/m1/s1. The van der Waals surface area contributed by atoms with Gasteiger partial charge in [0.15, 0.2) is 6.17 Å². The number of hydrogen-bond donors (Lipinski definition) is 1. The van der Waals surface area contributed by atoms with Crippen molar-refractivity contribution in [1.82, 2.24) is 0 Å². The van der Waals surface area contributed by atoms with Gasteiger partial charge in [0, 0.05) is 0 Å². The van der Waals surface area contributed by atoms with Crippen LogP contribution in [-0.4, -0.2) is 12.5 Å². The molecular weight excluding hydrogens is 198 g/mol. The summed E-state index contributed by atoms with van der Waals surface area (Å²) in [7, 11) is 0. The Labute approximate surface area is 78.5 Å². The molecule has 1 nitrogen and oxygen atoms in total. The lowest BCUT2D eigenvalue weighted by Gasteiger charge is -2.18. The van der Waals surface area contributed by atoms with Gasteiger partial charge in [0.1, 0.15) is 5.82 Å². The molecule has 0 aliphatic carbocycles. The Morgan fingerprint density at radius 2 is 1.71 bits per heavy atom. The average Bonchev–Trinajstić information content (AvgIpc) is 2.18. The second-order valence-electron chi connectivity index (χ2n) is 2.88. The van der Waals surface area contributed by atoms with Crippen LogP contribution in [0.15, 0.2) is 24.3 Å². The Bertz CT molecular complexity index is 296. The third-order valence-corrected chi connectivity index (χ3v) is 1.81. The van der Waals surface area contributed by atoms with Crippen LogP contribution in [0, 0.1) is 5.82 Å². The second kappa shape index (κ2) is 3.96. The molecule has 0 radical (unpaired) electrons. The molecule has 2 N–H and O–H groups in total. The van der Waals surface area contributed by atoms with Gasteiger partial charge in [-0.1, -0.05) is 12.1 Å². The number of nitrogens with two attached hydrogens (primary N) is 1. The summed E-state index contributed by atoms with van der Waals surface area (Å²) in [6.45, 7) is -1.08. The summed E-state index contributed by atoms with van der Waals surface area (Å²) in [5, 5.41) is 0. The maximum atomic E-state index is 13.1.